The number of aryl methyl sites for hydroxylation is 1. The average Bonchev–Trinajstić information content (AvgIpc) is 2.43. The standard InChI is InChI=1S/C8H16N4O/c1-6(2)4-5-12-7(9)10-8(11-12)13-3/h6H,4-5H2,1-3H3,(H2,9,10,11). The summed E-state index contributed by atoms with van der Waals surface area (Å²) in [6.45, 7) is 5.11. The highest BCUT2D eigenvalue weighted by Gasteiger charge is 2.06. The first-order chi connectivity index (χ1) is 6.13. The molecule has 1 aromatic heterocycles. The lowest BCUT2D eigenvalue weighted by molar-refractivity contribution is 0.372. The van der Waals surface area contributed by atoms with Gasteiger partial charge in [0, 0.05) is 6.54 Å². The summed E-state index contributed by atoms with van der Waals surface area (Å²) in [5, 5.41) is 4.06. The van der Waals surface area contributed by atoms with Crippen molar-refractivity contribution in [2.24, 2.45) is 5.92 Å². The highest BCUT2D eigenvalue weighted by Crippen LogP contribution is 2.09. The zero-order valence-corrected chi connectivity index (χ0v) is 8.32. The van der Waals surface area contributed by atoms with Crippen LogP contribution in [0, 0.1) is 5.92 Å². The molecule has 1 aromatic rings. The van der Waals surface area contributed by atoms with Gasteiger partial charge in [0.2, 0.25) is 5.95 Å². The zero-order valence-electron chi connectivity index (χ0n) is 8.32. The molecule has 0 unspecified atom stereocenters. The van der Waals surface area contributed by atoms with Crippen LogP contribution in [0.4, 0.5) is 5.95 Å². The molecule has 2 N–H and O–H groups in total. The molecule has 0 saturated heterocycles. The number of anilines is 1. The van der Waals surface area contributed by atoms with E-state index in [0.717, 1.165) is 13.0 Å². The van der Waals surface area contributed by atoms with Gasteiger partial charge < -0.3 is 10.5 Å². The third-order valence-corrected chi connectivity index (χ3v) is 1.78. The molecule has 0 aliphatic carbocycles. The van der Waals surface area contributed by atoms with Gasteiger partial charge in [-0.2, -0.15) is 4.98 Å². The average molecular weight is 184 g/mol. The van der Waals surface area contributed by atoms with Crippen molar-refractivity contribution in [2.75, 3.05) is 12.8 Å². The second-order valence-corrected chi connectivity index (χ2v) is 3.36. The van der Waals surface area contributed by atoms with E-state index in [-0.39, 0.29) is 0 Å². The molecular formula is C8H16N4O. The number of nitrogens with two attached hydrogens (primary N) is 1. The van der Waals surface area contributed by atoms with Crippen LogP contribution in [0.15, 0.2) is 0 Å². The van der Waals surface area contributed by atoms with Crippen molar-refractivity contribution in [2.45, 2.75) is 26.8 Å². The minimum Gasteiger partial charge on any atom is -0.466 e. The lowest BCUT2D eigenvalue weighted by atomic mass is 10.1. The molecule has 74 valence electrons. The van der Waals surface area contributed by atoms with Gasteiger partial charge in [0.25, 0.3) is 0 Å². The van der Waals surface area contributed by atoms with Gasteiger partial charge >= 0.3 is 6.01 Å². The summed E-state index contributed by atoms with van der Waals surface area (Å²) in [5.41, 5.74) is 5.61. The fourth-order valence-corrected chi connectivity index (χ4v) is 0.964. The van der Waals surface area contributed by atoms with Crippen LogP contribution in [-0.2, 0) is 6.54 Å². The number of rotatable bonds is 4. The van der Waals surface area contributed by atoms with Crippen LogP contribution in [0.25, 0.3) is 0 Å². The maximum Gasteiger partial charge on any atom is 0.337 e. The van der Waals surface area contributed by atoms with Crippen LogP contribution >= 0.6 is 0 Å². The first kappa shape index (κ1) is 9.83. The maximum atomic E-state index is 5.61. The third kappa shape index (κ3) is 2.61. The quantitative estimate of drug-likeness (QED) is 0.755. The fraction of sp³-hybridized carbons (Fsp3) is 0.750. The third-order valence-electron chi connectivity index (χ3n) is 1.78. The SMILES string of the molecule is COc1nc(N)n(CCC(C)C)n1. The van der Waals surface area contributed by atoms with Crippen molar-refractivity contribution in [1.82, 2.24) is 14.8 Å². The maximum absolute atomic E-state index is 5.61. The number of nitrogen functional groups attached to an aromatic ring is 1. The van der Waals surface area contributed by atoms with Crippen molar-refractivity contribution < 1.29 is 4.74 Å². The smallest absolute Gasteiger partial charge is 0.337 e. The van der Waals surface area contributed by atoms with Crippen LogP contribution in [0.2, 0.25) is 0 Å². The van der Waals surface area contributed by atoms with E-state index in [9.17, 15) is 0 Å². The topological polar surface area (TPSA) is 66.0 Å². The van der Waals surface area contributed by atoms with E-state index >= 15 is 0 Å². The Hall–Kier alpha value is -1.26. The number of hydrogen-bond donors (Lipinski definition) is 1. The van der Waals surface area contributed by atoms with Crippen LogP contribution in [0.1, 0.15) is 20.3 Å². The molecule has 13 heavy (non-hydrogen) atoms. The second kappa shape index (κ2) is 4.11. The lowest BCUT2D eigenvalue weighted by Gasteiger charge is -2.04. The zero-order chi connectivity index (χ0) is 9.84. The van der Waals surface area contributed by atoms with Crippen molar-refractivity contribution >= 4 is 5.95 Å². The van der Waals surface area contributed by atoms with Gasteiger partial charge in [0.15, 0.2) is 0 Å². The Morgan fingerprint density at radius 3 is 2.69 bits per heavy atom. The molecule has 1 rings (SSSR count). The molecule has 0 bridgehead atoms. The summed E-state index contributed by atoms with van der Waals surface area (Å²) in [5.74, 6) is 1.05. The predicted octanol–water partition coefficient (Wildman–Crippen LogP) is 0.915. The predicted molar refractivity (Wildman–Crippen MR) is 50.4 cm³/mol. The van der Waals surface area contributed by atoms with Crippen LogP contribution in [0.5, 0.6) is 6.01 Å². The molecule has 0 aliphatic rings. The molecule has 1 heterocycles. The van der Waals surface area contributed by atoms with Crippen LogP contribution in [-0.4, -0.2) is 21.9 Å². The normalized spacial score (nSPS) is 10.8. The van der Waals surface area contributed by atoms with E-state index in [1.54, 1.807) is 4.68 Å². The molecule has 0 saturated carbocycles. The molecule has 5 nitrogen and oxygen atoms in total. The first-order valence-electron chi connectivity index (χ1n) is 4.37. The number of nitrogens with zero attached hydrogens (tertiary/aromatic N) is 3. The molecule has 0 spiro atoms. The number of aromatic nitrogens is 3. The summed E-state index contributed by atoms with van der Waals surface area (Å²) >= 11 is 0. The molecule has 0 aliphatic heterocycles. The van der Waals surface area contributed by atoms with Gasteiger partial charge in [0.05, 0.1) is 7.11 Å². The van der Waals surface area contributed by atoms with Gasteiger partial charge in [-0.05, 0) is 12.3 Å². The van der Waals surface area contributed by atoms with Crippen molar-refractivity contribution in [3.63, 3.8) is 0 Å². The monoisotopic (exact) mass is 184 g/mol. The Bertz CT molecular complexity index is 269. The van der Waals surface area contributed by atoms with E-state index in [0.29, 0.717) is 17.9 Å². The van der Waals surface area contributed by atoms with Crippen molar-refractivity contribution in [3.05, 3.63) is 0 Å². The molecule has 0 radical (unpaired) electrons. The summed E-state index contributed by atoms with van der Waals surface area (Å²) in [7, 11) is 1.53. The van der Waals surface area contributed by atoms with Gasteiger partial charge in [-0.25, -0.2) is 4.68 Å². The van der Waals surface area contributed by atoms with Gasteiger partial charge in [-0.15, -0.1) is 5.10 Å². The van der Waals surface area contributed by atoms with Crippen LogP contribution in [0.3, 0.4) is 0 Å². The van der Waals surface area contributed by atoms with Gasteiger partial charge in [-0.1, -0.05) is 13.8 Å². The summed E-state index contributed by atoms with van der Waals surface area (Å²) < 4.78 is 6.52. The summed E-state index contributed by atoms with van der Waals surface area (Å²) in [4.78, 5) is 3.91. The highest BCUT2D eigenvalue weighted by atomic mass is 16.5. The van der Waals surface area contributed by atoms with Crippen LogP contribution < -0.4 is 10.5 Å². The minimum atomic E-state index is 0.334. The minimum absolute atomic E-state index is 0.334. The molecule has 0 fully saturated rings. The molecule has 0 amide bonds. The number of hydrogen-bond acceptors (Lipinski definition) is 4. The van der Waals surface area contributed by atoms with Crippen molar-refractivity contribution in [1.29, 1.82) is 0 Å². The summed E-state index contributed by atoms with van der Waals surface area (Å²) in [6, 6.07) is 0.334. The Balaban J connectivity index is 2.60. The van der Waals surface area contributed by atoms with Gasteiger partial charge in [-0.3, -0.25) is 0 Å². The molecule has 0 aromatic carbocycles. The van der Waals surface area contributed by atoms with E-state index in [1.807, 2.05) is 0 Å². The lowest BCUT2D eigenvalue weighted by Crippen LogP contribution is -2.07. The highest BCUT2D eigenvalue weighted by molar-refractivity contribution is 5.18. The Morgan fingerprint density at radius 1 is 1.54 bits per heavy atom. The largest absolute Gasteiger partial charge is 0.466 e. The Kier molecular flexibility index (Phi) is 3.11. The van der Waals surface area contributed by atoms with E-state index < -0.39 is 0 Å². The fourth-order valence-electron chi connectivity index (χ4n) is 0.964. The summed E-state index contributed by atoms with van der Waals surface area (Å²) in [6.07, 6.45) is 1.04. The first-order valence-corrected chi connectivity index (χ1v) is 4.37. The number of ether oxygens (including phenoxy) is 1. The Labute approximate surface area is 77.9 Å². The molecule has 5 heteroatoms. The second-order valence-electron chi connectivity index (χ2n) is 3.36. The number of methoxy groups -OCH3 is 1. The van der Waals surface area contributed by atoms with Crippen molar-refractivity contribution in [3.8, 4) is 6.01 Å². The van der Waals surface area contributed by atoms with E-state index in [1.165, 1.54) is 7.11 Å². The Morgan fingerprint density at radius 2 is 2.23 bits per heavy atom. The molecular weight excluding hydrogens is 168 g/mol. The molecule has 0 atom stereocenters. The van der Waals surface area contributed by atoms with E-state index in [2.05, 4.69) is 23.9 Å². The van der Waals surface area contributed by atoms with E-state index in [4.69, 9.17) is 10.5 Å². The van der Waals surface area contributed by atoms with Gasteiger partial charge in [0.1, 0.15) is 0 Å².